The Morgan fingerprint density at radius 2 is 2.19 bits per heavy atom. The van der Waals surface area contributed by atoms with Gasteiger partial charge in [0.25, 0.3) is 0 Å². The minimum Gasteiger partial charge on any atom is -0.370 e. The molecule has 0 unspecified atom stereocenters. The Bertz CT molecular complexity index is 316. The zero-order valence-electron chi connectivity index (χ0n) is 10.2. The van der Waals surface area contributed by atoms with Crippen LogP contribution in [0.15, 0.2) is 18.3 Å². The lowest BCUT2D eigenvalue weighted by Gasteiger charge is -2.09. The predicted octanol–water partition coefficient (Wildman–Crippen LogP) is 3.77. The Hall–Kier alpha value is -1.05. The topological polar surface area (TPSA) is 24.9 Å². The molecule has 1 aliphatic carbocycles. The number of nitrogens with zero attached hydrogens (tertiary/aromatic N) is 1. The van der Waals surface area contributed by atoms with E-state index in [0.717, 1.165) is 18.3 Å². The van der Waals surface area contributed by atoms with E-state index in [1.165, 1.54) is 44.1 Å². The number of aryl methyl sites for hydroxylation is 1. The SMILES string of the molecule is Cc1ccnc(NCCCC2CCCC2)c1. The molecule has 0 radical (unpaired) electrons. The van der Waals surface area contributed by atoms with Crippen molar-refractivity contribution in [3.8, 4) is 0 Å². The van der Waals surface area contributed by atoms with Crippen LogP contribution in [-0.4, -0.2) is 11.5 Å². The van der Waals surface area contributed by atoms with E-state index in [9.17, 15) is 0 Å². The zero-order valence-corrected chi connectivity index (χ0v) is 10.2. The van der Waals surface area contributed by atoms with Crippen molar-refractivity contribution < 1.29 is 0 Å². The quantitative estimate of drug-likeness (QED) is 0.761. The molecule has 1 N–H and O–H groups in total. The third-order valence-electron chi connectivity index (χ3n) is 3.49. The molecule has 1 fully saturated rings. The zero-order chi connectivity index (χ0) is 11.2. The molecule has 2 rings (SSSR count). The minimum atomic E-state index is 1.01. The number of hydrogen-bond acceptors (Lipinski definition) is 2. The second-order valence-corrected chi connectivity index (χ2v) is 4.94. The summed E-state index contributed by atoms with van der Waals surface area (Å²) in [5.41, 5.74) is 1.27. The molecule has 1 aromatic heterocycles. The second kappa shape index (κ2) is 5.88. The largest absolute Gasteiger partial charge is 0.370 e. The highest BCUT2D eigenvalue weighted by atomic mass is 15.0. The van der Waals surface area contributed by atoms with Crippen molar-refractivity contribution in [2.75, 3.05) is 11.9 Å². The highest BCUT2D eigenvalue weighted by molar-refractivity contribution is 5.36. The molecule has 88 valence electrons. The van der Waals surface area contributed by atoms with Crippen LogP contribution in [0.4, 0.5) is 5.82 Å². The number of anilines is 1. The van der Waals surface area contributed by atoms with Crippen LogP contribution < -0.4 is 5.32 Å². The summed E-state index contributed by atoms with van der Waals surface area (Å²) in [6.07, 6.45) is 10.4. The van der Waals surface area contributed by atoms with Gasteiger partial charge >= 0.3 is 0 Å². The fourth-order valence-corrected chi connectivity index (χ4v) is 2.54. The summed E-state index contributed by atoms with van der Waals surface area (Å²) in [4.78, 5) is 4.30. The molecule has 16 heavy (non-hydrogen) atoms. The molecule has 1 saturated carbocycles. The van der Waals surface area contributed by atoms with Crippen LogP contribution in [0.3, 0.4) is 0 Å². The Balaban J connectivity index is 1.64. The smallest absolute Gasteiger partial charge is 0.126 e. The maximum atomic E-state index is 4.30. The van der Waals surface area contributed by atoms with Gasteiger partial charge in [-0.3, -0.25) is 0 Å². The van der Waals surface area contributed by atoms with Gasteiger partial charge in [-0.05, 0) is 43.4 Å². The van der Waals surface area contributed by atoms with Crippen molar-refractivity contribution in [3.05, 3.63) is 23.9 Å². The van der Waals surface area contributed by atoms with E-state index in [0.29, 0.717) is 0 Å². The summed E-state index contributed by atoms with van der Waals surface area (Å²) in [6, 6.07) is 4.14. The van der Waals surface area contributed by atoms with Gasteiger partial charge in [-0.25, -0.2) is 4.98 Å². The first kappa shape index (κ1) is 11.4. The Morgan fingerprint density at radius 1 is 1.38 bits per heavy atom. The maximum absolute atomic E-state index is 4.30. The van der Waals surface area contributed by atoms with Crippen LogP contribution in [-0.2, 0) is 0 Å². The molecule has 2 heteroatoms. The second-order valence-electron chi connectivity index (χ2n) is 4.94. The van der Waals surface area contributed by atoms with E-state index in [1.807, 2.05) is 12.3 Å². The van der Waals surface area contributed by atoms with Gasteiger partial charge in [0.2, 0.25) is 0 Å². The van der Waals surface area contributed by atoms with Gasteiger partial charge in [0, 0.05) is 12.7 Å². The maximum Gasteiger partial charge on any atom is 0.126 e. The average Bonchev–Trinajstić information content (AvgIpc) is 2.77. The lowest BCUT2D eigenvalue weighted by molar-refractivity contribution is 0.491. The predicted molar refractivity (Wildman–Crippen MR) is 68.7 cm³/mol. The van der Waals surface area contributed by atoms with Crippen LogP contribution in [0.1, 0.15) is 44.1 Å². The normalized spacial score (nSPS) is 16.6. The van der Waals surface area contributed by atoms with Crippen LogP contribution in [0.2, 0.25) is 0 Å². The van der Waals surface area contributed by atoms with Crippen LogP contribution >= 0.6 is 0 Å². The van der Waals surface area contributed by atoms with Gasteiger partial charge < -0.3 is 5.32 Å². The number of nitrogens with one attached hydrogen (secondary N) is 1. The van der Waals surface area contributed by atoms with E-state index in [4.69, 9.17) is 0 Å². The Labute approximate surface area is 98.5 Å². The lowest BCUT2D eigenvalue weighted by Crippen LogP contribution is -2.05. The molecule has 0 atom stereocenters. The summed E-state index contributed by atoms with van der Waals surface area (Å²) in [6.45, 7) is 3.17. The van der Waals surface area contributed by atoms with E-state index >= 15 is 0 Å². The fourth-order valence-electron chi connectivity index (χ4n) is 2.54. The molecule has 0 amide bonds. The summed E-state index contributed by atoms with van der Waals surface area (Å²) >= 11 is 0. The number of pyridine rings is 1. The number of rotatable bonds is 5. The third kappa shape index (κ3) is 3.51. The van der Waals surface area contributed by atoms with Crippen molar-refractivity contribution in [1.29, 1.82) is 0 Å². The van der Waals surface area contributed by atoms with Crippen molar-refractivity contribution in [2.45, 2.75) is 45.4 Å². The van der Waals surface area contributed by atoms with Crippen molar-refractivity contribution in [1.82, 2.24) is 4.98 Å². The molecule has 0 bridgehead atoms. The molecule has 2 nitrogen and oxygen atoms in total. The average molecular weight is 218 g/mol. The van der Waals surface area contributed by atoms with Crippen molar-refractivity contribution >= 4 is 5.82 Å². The van der Waals surface area contributed by atoms with Gasteiger partial charge in [0.15, 0.2) is 0 Å². The Morgan fingerprint density at radius 3 is 2.94 bits per heavy atom. The van der Waals surface area contributed by atoms with E-state index in [1.54, 1.807) is 0 Å². The van der Waals surface area contributed by atoms with E-state index in [-0.39, 0.29) is 0 Å². The summed E-state index contributed by atoms with van der Waals surface area (Å²) in [5.74, 6) is 2.03. The van der Waals surface area contributed by atoms with E-state index < -0.39 is 0 Å². The van der Waals surface area contributed by atoms with Gasteiger partial charge in [-0.1, -0.05) is 25.7 Å². The van der Waals surface area contributed by atoms with Crippen LogP contribution in [0, 0.1) is 12.8 Å². The molecule has 0 aliphatic heterocycles. The molecular weight excluding hydrogens is 196 g/mol. The first-order chi connectivity index (χ1) is 7.84. The number of hydrogen-bond donors (Lipinski definition) is 1. The molecule has 1 aromatic rings. The Kier molecular flexibility index (Phi) is 4.20. The molecule has 0 aromatic carbocycles. The first-order valence-corrected chi connectivity index (χ1v) is 6.51. The molecule has 0 saturated heterocycles. The van der Waals surface area contributed by atoms with Gasteiger partial charge in [0.1, 0.15) is 5.82 Å². The third-order valence-corrected chi connectivity index (χ3v) is 3.49. The van der Waals surface area contributed by atoms with Gasteiger partial charge in [0.05, 0.1) is 0 Å². The fraction of sp³-hybridized carbons (Fsp3) is 0.643. The molecule has 1 aliphatic rings. The standard InChI is InChI=1S/C14H22N2/c1-12-8-10-16-14(11-12)15-9-4-7-13-5-2-3-6-13/h8,10-11,13H,2-7,9H2,1H3,(H,15,16). The highest BCUT2D eigenvalue weighted by Crippen LogP contribution is 2.28. The van der Waals surface area contributed by atoms with E-state index in [2.05, 4.69) is 23.3 Å². The van der Waals surface area contributed by atoms with Crippen molar-refractivity contribution in [3.63, 3.8) is 0 Å². The highest BCUT2D eigenvalue weighted by Gasteiger charge is 2.13. The van der Waals surface area contributed by atoms with Gasteiger partial charge in [-0.2, -0.15) is 0 Å². The molecular formula is C14H22N2. The summed E-state index contributed by atoms with van der Waals surface area (Å²) < 4.78 is 0. The van der Waals surface area contributed by atoms with Crippen LogP contribution in [0.5, 0.6) is 0 Å². The summed E-state index contributed by atoms with van der Waals surface area (Å²) in [7, 11) is 0. The van der Waals surface area contributed by atoms with Gasteiger partial charge in [-0.15, -0.1) is 0 Å². The van der Waals surface area contributed by atoms with Crippen molar-refractivity contribution in [2.24, 2.45) is 5.92 Å². The monoisotopic (exact) mass is 218 g/mol. The molecule has 1 heterocycles. The van der Waals surface area contributed by atoms with Crippen LogP contribution in [0.25, 0.3) is 0 Å². The molecule has 0 spiro atoms. The number of aromatic nitrogens is 1. The lowest BCUT2D eigenvalue weighted by atomic mass is 10.0. The first-order valence-electron chi connectivity index (χ1n) is 6.51. The summed E-state index contributed by atoms with van der Waals surface area (Å²) in [5, 5.41) is 3.40. The minimum absolute atomic E-state index is 1.01.